The van der Waals surface area contributed by atoms with E-state index in [-0.39, 0.29) is 19.5 Å². The van der Waals surface area contributed by atoms with Gasteiger partial charge in [-0.2, -0.15) is 0 Å². The molecule has 6 nitrogen and oxygen atoms in total. The van der Waals surface area contributed by atoms with Crippen LogP contribution in [0.2, 0.25) is 0 Å². The van der Waals surface area contributed by atoms with Crippen LogP contribution >= 0.6 is 0 Å². The van der Waals surface area contributed by atoms with Crippen molar-refractivity contribution in [2.24, 2.45) is 0 Å². The Kier molecular flexibility index (Phi) is 11.4. The summed E-state index contributed by atoms with van der Waals surface area (Å²) in [4.78, 5) is 25.1. The molecule has 0 atom stereocenters. The Morgan fingerprint density at radius 3 is 0.514 bits per heavy atom. The van der Waals surface area contributed by atoms with E-state index in [4.69, 9.17) is 0 Å². The fourth-order valence-corrected chi connectivity index (χ4v) is 3.09. The minimum absolute atomic E-state index is 0. The molecule has 37 heavy (non-hydrogen) atoms. The maximum Gasteiger partial charge on any atom is 2.00 e. The molecule has 6 aromatic rings. The standard InChI is InChI=1S/3C10H8N2.Ru/c3*1-3-7-11-9(5-1)10-6-2-4-8-12-10;/h3*1-8H;/q;;;+2. The van der Waals surface area contributed by atoms with Gasteiger partial charge in [0.2, 0.25) is 0 Å². The van der Waals surface area contributed by atoms with E-state index in [0.717, 1.165) is 34.2 Å². The first-order valence-electron chi connectivity index (χ1n) is 11.4. The van der Waals surface area contributed by atoms with Crippen molar-refractivity contribution in [3.8, 4) is 34.2 Å². The van der Waals surface area contributed by atoms with Gasteiger partial charge in [0.1, 0.15) is 0 Å². The fourth-order valence-electron chi connectivity index (χ4n) is 3.09. The molecule has 0 radical (unpaired) electrons. The van der Waals surface area contributed by atoms with Crippen LogP contribution in [-0.4, -0.2) is 29.9 Å². The van der Waals surface area contributed by atoms with Crippen molar-refractivity contribution < 1.29 is 19.5 Å². The zero-order valence-electron chi connectivity index (χ0n) is 19.9. The largest absolute Gasteiger partial charge is 2.00 e. The Labute approximate surface area is 229 Å². The topological polar surface area (TPSA) is 77.3 Å². The molecule has 0 saturated heterocycles. The molecule has 180 valence electrons. The quantitative estimate of drug-likeness (QED) is 0.229. The first-order chi connectivity index (χ1) is 17.9. The molecule has 6 heterocycles. The third-order valence-corrected chi connectivity index (χ3v) is 4.78. The fraction of sp³-hybridized carbons (Fsp3) is 0. The van der Waals surface area contributed by atoms with E-state index in [1.165, 1.54) is 0 Å². The number of hydrogen-bond acceptors (Lipinski definition) is 6. The zero-order chi connectivity index (χ0) is 24.7. The Hall–Kier alpha value is -4.48. The molecule has 0 spiro atoms. The summed E-state index contributed by atoms with van der Waals surface area (Å²) >= 11 is 0. The van der Waals surface area contributed by atoms with Crippen molar-refractivity contribution in [2.75, 3.05) is 0 Å². The summed E-state index contributed by atoms with van der Waals surface area (Å²) in [5.41, 5.74) is 5.49. The monoisotopic (exact) mass is 570 g/mol. The van der Waals surface area contributed by atoms with Crippen LogP contribution in [0.25, 0.3) is 34.2 Å². The normalized spacial score (nSPS) is 9.41. The van der Waals surface area contributed by atoms with Gasteiger partial charge in [0.15, 0.2) is 0 Å². The average Bonchev–Trinajstić information content (AvgIpc) is 3.01. The maximum atomic E-state index is 4.19. The maximum absolute atomic E-state index is 4.19. The van der Waals surface area contributed by atoms with Gasteiger partial charge in [0.25, 0.3) is 0 Å². The molecule has 0 aromatic carbocycles. The second-order valence-electron chi connectivity index (χ2n) is 7.29. The SMILES string of the molecule is [Ru+2].c1ccc(-c2ccccn2)nc1.c1ccc(-c2ccccn2)nc1.c1ccc(-c2ccccn2)nc1. The van der Waals surface area contributed by atoms with Crippen molar-refractivity contribution in [3.63, 3.8) is 0 Å². The molecule has 0 unspecified atom stereocenters. The third-order valence-electron chi connectivity index (χ3n) is 4.78. The van der Waals surface area contributed by atoms with Crippen LogP contribution in [0, 0.1) is 0 Å². The molecule has 0 bridgehead atoms. The third kappa shape index (κ3) is 8.91. The molecular weight excluding hydrogens is 545 g/mol. The summed E-state index contributed by atoms with van der Waals surface area (Å²) in [5.74, 6) is 0. The summed E-state index contributed by atoms with van der Waals surface area (Å²) in [6, 6.07) is 34.8. The molecule has 0 N–H and O–H groups in total. The van der Waals surface area contributed by atoms with Gasteiger partial charge >= 0.3 is 19.5 Å². The van der Waals surface area contributed by atoms with E-state index in [2.05, 4.69) is 29.9 Å². The Morgan fingerprint density at radius 1 is 0.243 bits per heavy atom. The average molecular weight is 570 g/mol. The van der Waals surface area contributed by atoms with E-state index in [9.17, 15) is 0 Å². The van der Waals surface area contributed by atoms with Crippen molar-refractivity contribution >= 4 is 0 Å². The van der Waals surface area contributed by atoms with Crippen molar-refractivity contribution in [3.05, 3.63) is 146 Å². The second-order valence-corrected chi connectivity index (χ2v) is 7.29. The van der Waals surface area contributed by atoms with Crippen LogP contribution in [0.15, 0.2) is 146 Å². The molecule has 0 amide bonds. The summed E-state index contributed by atoms with van der Waals surface area (Å²) in [6.07, 6.45) is 10.6. The van der Waals surface area contributed by atoms with Gasteiger partial charge in [0, 0.05) is 37.2 Å². The number of pyridine rings is 6. The minimum atomic E-state index is 0. The Morgan fingerprint density at radius 2 is 0.405 bits per heavy atom. The van der Waals surface area contributed by atoms with Gasteiger partial charge in [-0.15, -0.1) is 0 Å². The Bertz CT molecular complexity index is 1100. The number of hydrogen-bond donors (Lipinski definition) is 0. The van der Waals surface area contributed by atoms with Gasteiger partial charge in [0.05, 0.1) is 34.2 Å². The number of nitrogens with zero attached hydrogens (tertiary/aromatic N) is 6. The van der Waals surface area contributed by atoms with Gasteiger partial charge < -0.3 is 0 Å². The summed E-state index contributed by atoms with van der Waals surface area (Å²) in [6.45, 7) is 0. The zero-order valence-corrected chi connectivity index (χ0v) is 21.6. The molecule has 0 saturated carbocycles. The van der Waals surface area contributed by atoms with Gasteiger partial charge in [-0.3, -0.25) is 29.9 Å². The van der Waals surface area contributed by atoms with Crippen LogP contribution in [0.3, 0.4) is 0 Å². The predicted octanol–water partition coefficient (Wildman–Crippen LogP) is 6.43. The molecule has 0 aliphatic rings. The molecule has 7 heteroatoms. The van der Waals surface area contributed by atoms with E-state index >= 15 is 0 Å². The van der Waals surface area contributed by atoms with Crippen LogP contribution in [0.5, 0.6) is 0 Å². The first-order valence-corrected chi connectivity index (χ1v) is 11.4. The molecule has 0 aliphatic carbocycles. The van der Waals surface area contributed by atoms with E-state index in [1.807, 2.05) is 109 Å². The number of aromatic nitrogens is 6. The minimum Gasteiger partial charge on any atom is -0.255 e. The molecule has 6 rings (SSSR count). The first kappa shape index (κ1) is 27.1. The van der Waals surface area contributed by atoms with Crippen LogP contribution < -0.4 is 0 Å². The van der Waals surface area contributed by atoms with Crippen molar-refractivity contribution in [2.45, 2.75) is 0 Å². The smallest absolute Gasteiger partial charge is 0.255 e. The van der Waals surface area contributed by atoms with Crippen LogP contribution in [-0.2, 0) is 19.5 Å². The molecule has 6 aromatic heterocycles. The summed E-state index contributed by atoms with van der Waals surface area (Å²) in [5, 5.41) is 0. The second kappa shape index (κ2) is 15.5. The van der Waals surface area contributed by atoms with Gasteiger partial charge in [-0.05, 0) is 72.8 Å². The molecule has 0 fully saturated rings. The van der Waals surface area contributed by atoms with Crippen molar-refractivity contribution in [1.29, 1.82) is 0 Å². The van der Waals surface area contributed by atoms with Crippen LogP contribution in [0.1, 0.15) is 0 Å². The van der Waals surface area contributed by atoms with Gasteiger partial charge in [-0.25, -0.2) is 0 Å². The molecule has 0 aliphatic heterocycles. The summed E-state index contributed by atoms with van der Waals surface area (Å²) < 4.78 is 0. The van der Waals surface area contributed by atoms with E-state index < -0.39 is 0 Å². The molecular formula is C30H24N6Ru+2. The Balaban J connectivity index is 0.000000152. The van der Waals surface area contributed by atoms with Gasteiger partial charge in [-0.1, -0.05) is 36.4 Å². The predicted molar refractivity (Wildman–Crippen MR) is 142 cm³/mol. The number of rotatable bonds is 3. The van der Waals surface area contributed by atoms with Crippen molar-refractivity contribution in [1.82, 2.24) is 29.9 Å². The van der Waals surface area contributed by atoms with E-state index in [0.29, 0.717) is 0 Å². The summed E-state index contributed by atoms with van der Waals surface area (Å²) in [7, 11) is 0. The van der Waals surface area contributed by atoms with E-state index in [1.54, 1.807) is 37.2 Å². The van der Waals surface area contributed by atoms with Crippen LogP contribution in [0.4, 0.5) is 0 Å².